The molecule has 0 bridgehead atoms. The molecule has 0 aliphatic rings. The summed E-state index contributed by atoms with van der Waals surface area (Å²) in [7, 11) is 0.146. The molecular weight excluding hydrogens is 203 g/mol. The van der Waals surface area contributed by atoms with E-state index < -0.39 is 7.12 Å². The Hall–Kier alpha value is -0.995. The van der Waals surface area contributed by atoms with E-state index in [0.29, 0.717) is 11.2 Å². The third-order valence-corrected chi connectivity index (χ3v) is 2.33. The maximum absolute atomic E-state index is 9.07. The molecule has 1 rings (SSSR count). The Balaban J connectivity index is 3.02. The third-order valence-electron chi connectivity index (χ3n) is 2.33. The van der Waals surface area contributed by atoms with Crippen molar-refractivity contribution in [1.82, 2.24) is 0 Å². The molecule has 4 heteroatoms. The number of rotatable bonds is 3. The fourth-order valence-electron chi connectivity index (χ4n) is 1.64. The van der Waals surface area contributed by atoms with Crippen LogP contribution in [0.4, 0.5) is 0 Å². The summed E-state index contributed by atoms with van der Waals surface area (Å²) in [4.78, 5) is 0. The van der Waals surface area contributed by atoms with Crippen molar-refractivity contribution >= 4 is 12.6 Å². The van der Waals surface area contributed by atoms with Crippen molar-refractivity contribution in [3.8, 4) is 5.75 Å². The minimum atomic E-state index is -1.45. The van der Waals surface area contributed by atoms with Crippen LogP contribution < -0.4 is 10.2 Å². The molecule has 0 heterocycles. The molecule has 0 aliphatic carbocycles. The van der Waals surface area contributed by atoms with E-state index in [1.54, 1.807) is 19.2 Å². The summed E-state index contributed by atoms with van der Waals surface area (Å²) < 4.78 is 5.26. The molecule has 1 aromatic rings. The zero-order valence-corrected chi connectivity index (χ0v) is 10.3. The predicted molar refractivity (Wildman–Crippen MR) is 66.0 cm³/mol. The van der Waals surface area contributed by atoms with Crippen LogP contribution >= 0.6 is 0 Å². The van der Waals surface area contributed by atoms with Gasteiger partial charge in [0.2, 0.25) is 0 Å². The summed E-state index contributed by atoms with van der Waals surface area (Å²) in [5.74, 6) is 0.709. The maximum atomic E-state index is 9.07. The minimum Gasteiger partial charge on any atom is -0.496 e. The van der Waals surface area contributed by atoms with Gasteiger partial charge in [0, 0.05) is 0 Å². The highest BCUT2D eigenvalue weighted by Gasteiger charge is 2.17. The zero-order valence-electron chi connectivity index (χ0n) is 10.3. The quantitative estimate of drug-likeness (QED) is 0.749. The van der Waals surface area contributed by atoms with Gasteiger partial charge < -0.3 is 14.8 Å². The number of benzene rings is 1. The molecule has 0 unspecified atom stereocenters. The highest BCUT2D eigenvalue weighted by atomic mass is 16.5. The van der Waals surface area contributed by atoms with Crippen molar-refractivity contribution in [3.63, 3.8) is 0 Å². The van der Waals surface area contributed by atoms with Crippen LogP contribution in [0.5, 0.6) is 5.75 Å². The number of methoxy groups -OCH3 is 1. The third kappa shape index (κ3) is 3.54. The molecule has 0 amide bonds. The monoisotopic (exact) mass is 222 g/mol. The molecule has 16 heavy (non-hydrogen) atoms. The number of hydrogen-bond donors (Lipinski definition) is 2. The first-order valence-corrected chi connectivity index (χ1v) is 5.36. The molecule has 3 nitrogen and oxygen atoms in total. The van der Waals surface area contributed by atoms with Gasteiger partial charge in [-0.15, -0.1) is 0 Å². The molecule has 88 valence electrons. The van der Waals surface area contributed by atoms with Crippen molar-refractivity contribution in [2.75, 3.05) is 7.11 Å². The lowest BCUT2D eigenvalue weighted by Crippen LogP contribution is -2.30. The van der Waals surface area contributed by atoms with Crippen LogP contribution in [-0.2, 0) is 6.42 Å². The average molecular weight is 222 g/mol. The van der Waals surface area contributed by atoms with Crippen LogP contribution in [0.3, 0.4) is 0 Å². The normalized spacial score (nSPS) is 11.4. The standard InChI is InChI=1S/C12H19BO3/c1-12(2,3)8-9-5-6-10(13(14)15)7-11(9)16-4/h5-7,14-15H,8H2,1-4H3. The lowest BCUT2D eigenvalue weighted by Gasteiger charge is -2.20. The molecule has 0 aliphatic heterocycles. The molecule has 0 fully saturated rings. The Morgan fingerprint density at radius 2 is 1.88 bits per heavy atom. The molecule has 0 saturated carbocycles. The average Bonchev–Trinajstić information content (AvgIpc) is 2.15. The lowest BCUT2D eigenvalue weighted by molar-refractivity contribution is 0.378. The Bertz CT molecular complexity index is 356. The minimum absolute atomic E-state index is 0.173. The van der Waals surface area contributed by atoms with Gasteiger partial charge in [0.05, 0.1) is 7.11 Å². The topological polar surface area (TPSA) is 49.7 Å². The maximum Gasteiger partial charge on any atom is 0.488 e. The van der Waals surface area contributed by atoms with Gasteiger partial charge in [-0.2, -0.15) is 0 Å². The first kappa shape index (κ1) is 13.1. The summed E-state index contributed by atoms with van der Waals surface area (Å²) in [6, 6.07) is 5.28. The molecule has 0 saturated heterocycles. The van der Waals surface area contributed by atoms with Crippen molar-refractivity contribution in [1.29, 1.82) is 0 Å². The van der Waals surface area contributed by atoms with E-state index in [1.807, 2.05) is 6.07 Å². The Kier molecular flexibility index (Phi) is 4.00. The summed E-state index contributed by atoms with van der Waals surface area (Å²) in [5, 5.41) is 18.1. The molecule has 0 spiro atoms. The highest BCUT2D eigenvalue weighted by molar-refractivity contribution is 6.58. The van der Waals surface area contributed by atoms with Gasteiger partial charge in [-0.05, 0) is 28.9 Å². The molecule has 0 aromatic heterocycles. The van der Waals surface area contributed by atoms with Gasteiger partial charge in [0.1, 0.15) is 5.75 Å². The van der Waals surface area contributed by atoms with Crippen LogP contribution in [0.1, 0.15) is 26.3 Å². The molecular formula is C12H19BO3. The SMILES string of the molecule is COc1cc(B(O)O)ccc1CC(C)(C)C. The van der Waals surface area contributed by atoms with Gasteiger partial charge in [0.25, 0.3) is 0 Å². The second-order valence-electron chi connectivity index (χ2n) is 5.18. The van der Waals surface area contributed by atoms with E-state index in [4.69, 9.17) is 14.8 Å². The lowest BCUT2D eigenvalue weighted by atomic mass is 9.78. The van der Waals surface area contributed by atoms with Crippen LogP contribution in [0.25, 0.3) is 0 Å². The molecule has 1 aromatic carbocycles. The Morgan fingerprint density at radius 3 is 2.31 bits per heavy atom. The van der Waals surface area contributed by atoms with E-state index >= 15 is 0 Å². The second-order valence-corrected chi connectivity index (χ2v) is 5.18. The van der Waals surface area contributed by atoms with Crippen LogP contribution in [0.2, 0.25) is 0 Å². The van der Waals surface area contributed by atoms with E-state index in [1.165, 1.54) is 0 Å². The summed E-state index contributed by atoms with van der Waals surface area (Å²) in [6.45, 7) is 6.46. The number of hydrogen-bond acceptors (Lipinski definition) is 3. The van der Waals surface area contributed by atoms with Crippen molar-refractivity contribution < 1.29 is 14.8 Å². The fraction of sp³-hybridized carbons (Fsp3) is 0.500. The summed E-state index contributed by atoms with van der Waals surface area (Å²) >= 11 is 0. The zero-order chi connectivity index (χ0) is 12.3. The van der Waals surface area contributed by atoms with Crippen molar-refractivity contribution in [3.05, 3.63) is 23.8 Å². The fourth-order valence-corrected chi connectivity index (χ4v) is 1.64. The van der Waals surface area contributed by atoms with Gasteiger partial charge in [-0.1, -0.05) is 32.9 Å². The first-order chi connectivity index (χ1) is 7.33. The van der Waals surface area contributed by atoms with Crippen molar-refractivity contribution in [2.24, 2.45) is 5.41 Å². The highest BCUT2D eigenvalue weighted by Crippen LogP contribution is 2.26. The summed E-state index contributed by atoms with van der Waals surface area (Å²) in [5.41, 5.74) is 1.71. The second kappa shape index (κ2) is 4.89. The van der Waals surface area contributed by atoms with Gasteiger partial charge in [-0.3, -0.25) is 0 Å². The molecule has 0 radical (unpaired) electrons. The van der Waals surface area contributed by atoms with Crippen LogP contribution in [-0.4, -0.2) is 24.3 Å². The van der Waals surface area contributed by atoms with Crippen LogP contribution in [0, 0.1) is 5.41 Å². The molecule has 0 atom stereocenters. The van der Waals surface area contributed by atoms with E-state index in [-0.39, 0.29) is 5.41 Å². The first-order valence-electron chi connectivity index (χ1n) is 5.36. The summed E-state index contributed by atoms with van der Waals surface area (Å²) in [6.07, 6.45) is 0.887. The molecule has 2 N–H and O–H groups in total. The van der Waals surface area contributed by atoms with Crippen LogP contribution in [0.15, 0.2) is 18.2 Å². The predicted octanol–water partition coefficient (Wildman–Crippen LogP) is 0.964. The van der Waals surface area contributed by atoms with Gasteiger partial charge in [-0.25, -0.2) is 0 Å². The Morgan fingerprint density at radius 1 is 1.25 bits per heavy atom. The smallest absolute Gasteiger partial charge is 0.488 e. The van der Waals surface area contributed by atoms with E-state index in [0.717, 1.165) is 12.0 Å². The van der Waals surface area contributed by atoms with Gasteiger partial charge >= 0.3 is 7.12 Å². The van der Waals surface area contributed by atoms with Crippen molar-refractivity contribution in [2.45, 2.75) is 27.2 Å². The van der Waals surface area contributed by atoms with E-state index in [2.05, 4.69) is 20.8 Å². The van der Waals surface area contributed by atoms with Gasteiger partial charge in [0.15, 0.2) is 0 Å². The Labute approximate surface area is 97.2 Å². The van der Waals surface area contributed by atoms with E-state index in [9.17, 15) is 0 Å². The number of ether oxygens (including phenoxy) is 1. The largest absolute Gasteiger partial charge is 0.496 e.